The largest absolute Gasteiger partial charge is 0.358 e. The second-order valence-electron chi connectivity index (χ2n) is 8.36. The van der Waals surface area contributed by atoms with Crippen LogP contribution in [0.15, 0.2) is 48.5 Å². The van der Waals surface area contributed by atoms with Crippen molar-refractivity contribution >= 4 is 29.2 Å². The molecule has 0 atom stereocenters. The van der Waals surface area contributed by atoms with Gasteiger partial charge < -0.3 is 20.5 Å². The third kappa shape index (κ3) is 4.22. The smallest absolute Gasteiger partial charge is 0.256 e. The van der Waals surface area contributed by atoms with Gasteiger partial charge in [0, 0.05) is 35.7 Å². The second kappa shape index (κ2) is 8.85. The number of carbonyl (C=O) groups excluding carboxylic acids is 2. The summed E-state index contributed by atoms with van der Waals surface area (Å²) in [6.45, 7) is 5.13. The lowest BCUT2D eigenvalue weighted by molar-refractivity contribution is -0.110. The van der Waals surface area contributed by atoms with Gasteiger partial charge >= 0.3 is 0 Å². The summed E-state index contributed by atoms with van der Waals surface area (Å²) >= 11 is 0. The minimum absolute atomic E-state index is 0.105. The highest BCUT2D eigenvalue weighted by atomic mass is 16.2. The van der Waals surface area contributed by atoms with Gasteiger partial charge in [-0.15, -0.1) is 0 Å². The predicted octanol–water partition coefficient (Wildman–Crippen LogP) is 4.08. The van der Waals surface area contributed by atoms with E-state index in [1.807, 2.05) is 87.4 Å². The molecule has 1 aliphatic rings. The van der Waals surface area contributed by atoms with Crippen molar-refractivity contribution in [3.8, 4) is 11.1 Å². The Bertz CT molecular complexity index is 1210. The first-order valence-electron chi connectivity index (χ1n) is 10.7. The van der Waals surface area contributed by atoms with Crippen molar-refractivity contribution < 1.29 is 9.59 Å². The van der Waals surface area contributed by atoms with E-state index in [1.54, 1.807) is 0 Å². The van der Waals surface area contributed by atoms with Crippen molar-refractivity contribution in [2.24, 2.45) is 0 Å². The highest BCUT2D eigenvalue weighted by Crippen LogP contribution is 2.36. The Hall–Kier alpha value is -3.64. The first kappa shape index (κ1) is 21.6. The monoisotopic (exact) mass is 428 g/mol. The van der Waals surface area contributed by atoms with Crippen LogP contribution in [-0.2, 0) is 4.79 Å². The Balaban J connectivity index is 1.63. The minimum atomic E-state index is -0.145. The molecule has 3 N–H and O–H groups in total. The zero-order chi connectivity index (χ0) is 22.8. The number of anilines is 1. The Labute approximate surface area is 188 Å². The molecule has 3 aromatic rings. The number of aromatic amines is 1. The van der Waals surface area contributed by atoms with E-state index in [2.05, 4.69) is 15.6 Å². The van der Waals surface area contributed by atoms with Gasteiger partial charge in [-0.2, -0.15) is 0 Å². The molecule has 0 fully saturated rings. The lowest BCUT2D eigenvalue weighted by atomic mass is 9.99. The van der Waals surface area contributed by atoms with Crippen LogP contribution in [0.2, 0.25) is 0 Å². The van der Waals surface area contributed by atoms with E-state index >= 15 is 0 Å². The topological polar surface area (TPSA) is 77.2 Å². The lowest BCUT2D eigenvalue weighted by Gasteiger charge is -2.10. The summed E-state index contributed by atoms with van der Waals surface area (Å²) in [5.41, 5.74) is 7.41. The van der Waals surface area contributed by atoms with E-state index in [-0.39, 0.29) is 11.8 Å². The molecule has 2 aromatic carbocycles. The van der Waals surface area contributed by atoms with Gasteiger partial charge in [-0.1, -0.05) is 42.5 Å². The SMILES string of the molecule is Cc1[nH]c(/C=C2\C(=O)Nc3cc(-c4ccccc4)ccc32)c(C)c1C(=O)NCCN(C)C. The van der Waals surface area contributed by atoms with Gasteiger partial charge in [-0.3, -0.25) is 9.59 Å². The number of nitrogens with one attached hydrogen (secondary N) is 3. The Morgan fingerprint density at radius 2 is 1.81 bits per heavy atom. The summed E-state index contributed by atoms with van der Waals surface area (Å²) in [5, 5.41) is 5.94. The third-order valence-corrected chi connectivity index (χ3v) is 5.75. The number of aryl methyl sites for hydroxylation is 1. The van der Waals surface area contributed by atoms with Crippen molar-refractivity contribution in [2.75, 3.05) is 32.5 Å². The number of carbonyl (C=O) groups is 2. The second-order valence-corrected chi connectivity index (χ2v) is 8.36. The molecule has 2 amide bonds. The molecule has 6 heteroatoms. The molecule has 6 nitrogen and oxygen atoms in total. The number of nitrogens with zero attached hydrogens (tertiary/aromatic N) is 1. The summed E-state index contributed by atoms with van der Waals surface area (Å²) in [5.74, 6) is -0.250. The summed E-state index contributed by atoms with van der Waals surface area (Å²) in [7, 11) is 3.94. The zero-order valence-electron chi connectivity index (χ0n) is 18.9. The quantitative estimate of drug-likeness (QED) is 0.518. The van der Waals surface area contributed by atoms with Gasteiger partial charge in [0.15, 0.2) is 0 Å². The molecule has 0 saturated heterocycles. The number of amides is 2. The zero-order valence-corrected chi connectivity index (χ0v) is 18.9. The number of hydrogen-bond donors (Lipinski definition) is 3. The third-order valence-electron chi connectivity index (χ3n) is 5.75. The fourth-order valence-corrected chi connectivity index (χ4v) is 4.03. The van der Waals surface area contributed by atoms with Crippen molar-refractivity contribution in [2.45, 2.75) is 13.8 Å². The molecule has 0 saturated carbocycles. The number of rotatable bonds is 6. The highest BCUT2D eigenvalue weighted by Gasteiger charge is 2.26. The van der Waals surface area contributed by atoms with E-state index in [9.17, 15) is 9.59 Å². The van der Waals surface area contributed by atoms with Crippen LogP contribution in [0.25, 0.3) is 22.8 Å². The molecule has 1 aliphatic heterocycles. The van der Waals surface area contributed by atoms with Crippen LogP contribution in [-0.4, -0.2) is 48.9 Å². The molecule has 1 aromatic heterocycles. The van der Waals surface area contributed by atoms with E-state index in [0.717, 1.165) is 45.9 Å². The van der Waals surface area contributed by atoms with Gasteiger partial charge in [-0.05, 0) is 56.8 Å². The average Bonchev–Trinajstić information content (AvgIpc) is 3.23. The minimum Gasteiger partial charge on any atom is -0.358 e. The van der Waals surface area contributed by atoms with Gasteiger partial charge in [-0.25, -0.2) is 0 Å². The van der Waals surface area contributed by atoms with Crippen LogP contribution in [0.5, 0.6) is 0 Å². The van der Waals surface area contributed by atoms with Crippen LogP contribution in [0.3, 0.4) is 0 Å². The molecule has 0 radical (unpaired) electrons. The molecule has 32 heavy (non-hydrogen) atoms. The predicted molar refractivity (Wildman–Crippen MR) is 130 cm³/mol. The summed E-state index contributed by atoms with van der Waals surface area (Å²) in [6.07, 6.45) is 1.84. The summed E-state index contributed by atoms with van der Waals surface area (Å²) in [4.78, 5) is 30.8. The van der Waals surface area contributed by atoms with Crippen LogP contribution in [0.4, 0.5) is 5.69 Å². The number of hydrogen-bond acceptors (Lipinski definition) is 3. The molecule has 0 unspecified atom stereocenters. The fourth-order valence-electron chi connectivity index (χ4n) is 4.03. The summed E-state index contributed by atoms with van der Waals surface area (Å²) in [6, 6.07) is 16.1. The number of benzene rings is 2. The lowest BCUT2D eigenvalue weighted by Crippen LogP contribution is -2.31. The first-order chi connectivity index (χ1) is 15.3. The van der Waals surface area contributed by atoms with Gasteiger partial charge in [0.2, 0.25) is 0 Å². The Morgan fingerprint density at radius 1 is 1.06 bits per heavy atom. The molecule has 0 spiro atoms. The van der Waals surface area contributed by atoms with Crippen molar-refractivity contribution in [1.82, 2.24) is 15.2 Å². The maximum atomic E-state index is 12.7. The van der Waals surface area contributed by atoms with Crippen molar-refractivity contribution in [3.63, 3.8) is 0 Å². The molecule has 0 bridgehead atoms. The maximum absolute atomic E-state index is 12.7. The van der Waals surface area contributed by atoms with Crippen LogP contribution in [0, 0.1) is 13.8 Å². The number of likely N-dealkylation sites (N-methyl/N-ethyl adjacent to an activating group) is 1. The number of fused-ring (bicyclic) bond motifs is 1. The Morgan fingerprint density at radius 3 is 2.53 bits per heavy atom. The first-order valence-corrected chi connectivity index (χ1v) is 10.7. The van der Waals surface area contributed by atoms with Crippen LogP contribution < -0.4 is 10.6 Å². The molecule has 164 valence electrons. The van der Waals surface area contributed by atoms with Crippen molar-refractivity contribution in [3.05, 3.63) is 76.6 Å². The van der Waals surface area contributed by atoms with Gasteiger partial charge in [0.1, 0.15) is 0 Å². The maximum Gasteiger partial charge on any atom is 0.256 e. The standard InChI is InChI=1S/C26H28N4O2/c1-16-22(28-17(2)24(16)26(32)27-12-13-30(3)4)15-21-20-11-10-19(14-23(20)29-25(21)31)18-8-6-5-7-9-18/h5-11,14-15,28H,12-13H2,1-4H3,(H,27,32)(H,29,31)/b21-15-. The average molecular weight is 429 g/mol. The molecular weight excluding hydrogens is 400 g/mol. The Kier molecular flexibility index (Phi) is 5.97. The normalized spacial score (nSPS) is 14.0. The number of aromatic nitrogens is 1. The van der Waals surface area contributed by atoms with E-state index in [0.29, 0.717) is 17.7 Å². The van der Waals surface area contributed by atoms with Crippen molar-refractivity contribution in [1.29, 1.82) is 0 Å². The molecule has 0 aliphatic carbocycles. The van der Waals surface area contributed by atoms with E-state index in [4.69, 9.17) is 0 Å². The number of H-pyrrole nitrogens is 1. The van der Waals surface area contributed by atoms with Gasteiger partial charge in [0.25, 0.3) is 11.8 Å². The molecule has 4 rings (SSSR count). The van der Waals surface area contributed by atoms with E-state index < -0.39 is 0 Å². The fraction of sp³-hybridized carbons (Fsp3) is 0.231. The van der Waals surface area contributed by atoms with Crippen LogP contribution >= 0.6 is 0 Å². The highest BCUT2D eigenvalue weighted by molar-refractivity contribution is 6.35. The summed E-state index contributed by atoms with van der Waals surface area (Å²) < 4.78 is 0. The van der Waals surface area contributed by atoms with Gasteiger partial charge in [0.05, 0.1) is 11.1 Å². The molecular formula is C26H28N4O2. The van der Waals surface area contributed by atoms with E-state index in [1.165, 1.54) is 0 Å². The van der Waals surface area contributed by atoms with Crippen LogP contribution in [0.1, 0.15) is 32.9 Å². The molecule has 2 heterocycles.